The summed E-state index contributed by atoms with van der Waals surface area (Å²) < 4.78 is 0. The van der Waals surface area contributed by atoms with Crippen LogP contribution in [0.5, 0.6) is 0 Å². The van der Waals surface area contributed by atoms with E-state index < -0.39 is 0 Å². The smallest absolute Gasteiger partial charge is 0 e. The van der Waals surface area contributed by atoms with Crippen LogP contribution in [-0.4, -0.2) is 24.5 Å². The van der Waals surface area contributed by atoms with Crippen LogP contribution >= 0.6 is 0 Å². The minimum atomic E-state index is 0. The second kappa shape index (κ2) is 3.55. The average molecular weight is 151 g/mol. The summed E-state index contributed by atoms with van der Waals surface area (Å²) >= 11 is 0. The van der Waals surface area contributed by atoms with Crippen LogP contribution < -0.4 is 0 Å². The number of hydrogen-bond acceptors (Lipinski definition) is 1. The van der Waals surface area contributed by atoms with Crippen molar-refractivity contribution in [2.45, 2.75) is 19.4 Å². The van der Waals surface area contributed by atoms with E-state index in [1.54, 1.807) is 0 Å². The van der Waals surface area contributed by atoms with Crippen LogP contribution in [0.3, 0.4) is 0 Å². The van der Waals surface area contributed by atoms with Gasteiger partial charge < -0.3 is 11.8 Å². The summed E-state index contributed by atoms with van der Waals surface area (Å²) in [6.07, 6.45) is 0. The van der Waals surface area contributed by atoms with E-state index in [1.165, 1.54) is 0 Å². The van der Waals surface area contributed by atoms with Gasteiger partial charge in [-0.25, -0.2) is 0 Å². The Balaban J connectivity index is 0. The minimum Gasteiger partial charge on any atom is -0.334 e. The Morgan fingerprint density at radius 1 is 1.25 bits per heavy atom. The van der Waals surface area contributed by atoms with E-state index in [-0.39, 0.29) is 24.1 Å². The molecule has 49 valence electrons. The molecule has 0 heterocycles. The maximum Gasteiger partial charge on any atom is 0 e. The molecule has 0 aliphatic rings. The fourth-order valence-electron chi connectivity index (χ4n) is 0. The van der Waals surface area contributed by atoms with Gasteiger partial charge in [0, 0.05) is 18.6 Å². The van der Waals surface area contributed by atoms with Crippen LogP contribution in [0, 0.1) is 6.92 Å². The van der Waals surface area contributed by atoms with Crippen molar-refractivity contribution < 1.29 is 18.6 Å². The zero-order valence-corrected chi connectivity index (χ0v) is 7.50. The molecule has 0 aromatic rings. The minimum absolute atomic E-state index is 0. The van der Waals surface area contributed by atoms with Crippen molar-refractivity contribution >= 4 is 0 Å². The third-order valence-electron chi connectivity index (χ3n) is 1.21. The van der Waals surface area contributed by atoms with Crippen LogP contribution in [-0.2, 0) is 18.6 Å². The quantitative estimate of drug-likeness (QED) is 0.508. The van der Waals surface area contributed by atoms with Crippen molar-refractivity contribution in [2.75, 3.05) is 14.1 Å². The van der Waals surface area contributed by atoms with Gasteiger partial charge in [0.1, 0.15) is 0 Å². The standard InChI is InChI=1S/C6H14N.V/c1-6(2,3)7(4)5;/h1H2,2-5H3;/q-1;. The largest absolute Gasteiger partial charge is 0.334 e. The predicted octanol–water partition coefficient (Wildman–Crippen LogP) is 1.16. The summed E-state index contributed by atoms with van der Waals surface area (Å²) in [5.41, 5.74) is 0.0833. The molecule has 0 N–H and O–H groups in total. The molecule has 0 bridgehead atoms. The Kier molecular flexibility index (Phi) is 5.03. The Hall–Kier alpha value is 0.544. The third kappa shape index (κ3) is 4.70. The van der Waals surface area contributed by atoms with Crippen molar-refractivity contribution in [3.63, 3.8) is 0 Å². The molecular formula is C6H14NV-. The van der Waals surface area contributed by atoms with Crippen molar-refractivity contribution in [1.82, 2.24) is 4.90 Å². The molecule has 1 nitrogen and oxygen atoms in total. The van der Waals surface area contributed by atoms with Crippen LogP contribution in [0.4, 0.5) is 0 Å². The van der Waals surface area contributed by atoms with Gasteiger partial charge in [0.25, 0.3) is 0 Å². The third-order valence-corrected chi connectivity index (χ3v) is 1.21. The first kappa shape index (κ1) is 11.4. The van der Waals surface area contributed by atoms with Crippen LogP contribution in [0.15, 0.2) is 0 Å². The molecular weight excluding hydrogens is 137 g/mol. The normalized spacial score (nSPS) is 11.2. The topological polar surface area (TPSA) is 3.24 Å². The maximum atomic E-state index is 3.90. The molecule has 0 aliphatic carbocycles. The number of nitrogens with zero attached hydrogens (tertiary/aromatic N) is 1. The van der Waals surface area contributed by atoms with Gasteiger partial charge in [0.2, 0.25) is 0 Å². The SMILES string of the molecule is [CH2-]C(C)(C)N(C)C.[V]. The van der Waals surface area contributed by atoms with Gasteiger partial charge in [0.05, 0.1) is 0 Å². The Morgan fingerprint density at radius 3 is 1.38 bits per heavy atom. The van der Waals surface area contributed by atoms with E-state index in [0.29, 0.717) is 0 Å². The summed E-state index contributed by atoms with van der Waals surface area (Å²) in [6, 6.07) is 0. The van der Waals surface area contributed by atoms with Gasteiger partial charge in [-0.15, -0.1) is 5.54 Å². The summed E-state index contributed by atoms with van der Waals surface area (Å²) in [5.74, 6) is 0. The molecule has 0 fully saturated rings. The first-order chi connectivity index (χ1) is 2.94. The Labute approximate surface area is 64.3 Å². The van der Waals surface area contributed by atoms with E-state index in [4.69, 9.17) is 0 Å². The molecule has 1 radical (unpaired) electrons. The fourth-order valence-corrected chi connectivity index (χ4v) is 0. The molecule has 0 atom stereocenters. The molecule has 2 heteroatoms. The molecule has 0 spiro atoms. The molecule has 0 saturated heterocycles. The van der Waals surface area contributed by atoms with Gasteiger partial charge in [-0.2, -0.15) is 0 Å². The monoisotopic (exact) mass is 151 g/mol. The summed E-state index contributed by atoms with van der Waals surface area (Å²) in [6.45, 7) is 8.05. The second-order valence-corrected chi connectivity index (χ2v) is 2.71. The van der Waals surface area contributed by atoms with Crippen LogP contribution in [0.2, 0.25) is 0 Å². The summed E-state index contributed by atoms with van der Waals surface area (Å²) in [7, 11) is 4.04. The zero-order chi connectivity index (χ0) is 6.08. The van der Waals surface area contributed by atoms with Crippen molar-refractivity contribution in [1.29, 1.82) is 0 Å². The van der Waals surface area contributed by atoms with E-state index >= 15 is 0 Å². The van der Waals surface area contributed by atoms with E-state index in [2.05, 4.69) is 25.7 Å². The van der Waals surface area contributed by atoms with Gasteiger partial charge in [-0.3, -0.25) is 0 Å². The molecule has 0 aromatic heterocycles. The molecule has 0 rings (SSSR count). The molecule has 0 saturated carbocycles. The molecule has 0 aliphatic heterocycles. The molecule has 0 amide bonds. The first-order valence-corrected chi connectivity index (χ1v) is 2.47. The first-order valence-electron chi connectivity index (χ1n) is 2.47. The van der Waals surface area contributed by atoms with Gasteiger partial charge in [-0.05, 0) is 14.1 Å². The number of rotatable bonds is 1. The molecule has 0 unspecified atom stereocenters. The van der Waals surface area contributed by atoms with Crippen LogP contribution in [0.1, 0.15) is 13.8 Å². The van der Waals surface area contributed by atoms with Crippen molar-refractivity contribution in [3.05, 3.63) is 6.92 Å². The van der Waals surface area contributed by atoms with E-state index in [1.807, 2.05) is 14.1 Å². The maximum absolute atomic E-state index is 3.90. The van der Waals surface area contributed by atoms with Crippen LogP contribution in [0.25, 0.3) is 0 Å². The molecule has 0 aromatic carbocycles. The summed E-state index contributed by atoms with van der Waals surface area (Å²) in [4.78, 5) is 2.08. The summed E-state index contributed by atoms with van der Waals surface area (Å²) in [5, 5.41) is 0. The predicted molar refractivity (Wildman–Crippen MR) is 33.1 cm³/mol. The number of hydrogen-bond donors (Lipinski definition) is 0. The average Bonchev–Trinajstić information content (AvgIpc) is 1.31. The van der Waals surface area contributed by atoms with Gasteiger partial charge in [0.15, 0.2) is 0 Å². The van der Waals surface area contributed by atoms with Gasteiger partial charge >= 0.3 is 0 Å². The fraction of sp³-hybridized carbons (Fsp3) is 0.833. The van der Waals surface area contributed by atoms with E-state index in [0.717, 1.165) is 0 Å². The second-order valence-electron chi connectivity index (χ2n) is 2.71. The van der Waals surface area contributed by atoms with Gasteiger partial charge in [-0.1, -0.05) is 13.8 Å². The van der Waals surface area contributed by atoms with Crippen molar-refractivity contribution in [2.24, 2.45) is 0 Å². The Morgan fingerprint density at radius 2 is 1.38 bits per heavy atom. The van der Waals surface area contributed by atoms with E-state index in [9.17, 15) is 0 Å². The molecule has 8 heavy (non-hydrogen) atoms. The zero-order valence-electron chi connectivity index (χ0n) is 6.10. The van der Waals surface area contributed by atoms with Crippen molar-refractivity contribution in [3.8, 4) is 0 Å². The Bertz CT molecular complexity index is 54.0.